The Bertz CT molecular complexity index is 277. The van der Waals surface area contributed by atoms with Gasteiger partial charge in [0.15, 0.2) is 6.29 Å². The third kappa shape index (κ3) is 1.84. The van der Waals surface area contributed by atoms with Crippen molar-refractivity contribution in [1.29, 1.82) is 0 Å². The molecule has 0 saturated heterocycles. The molecule has 1 N–H and O–H groups in total. The summed E-state index contributed by atoms with van der Waals surface area (Å²) in [5.41, 5.74) is -0.869. The fourth-order valence-electron chi connectivity index (χ4n) is 0.855. The van der Waals surface area contributed by atoms with Gasteiger partial charge in [-0.1, -0.05) is 23.7 Å². The zero-order chi connectivity index (χ0) is 9.19. The fraction of sp³-hybridized carbons (Fsp3) is 0.222. The second-order valence-electron chi connectivity index (χ2n) is 2.77. The van der Waals surface area contributed by atoms with Crippen molar-refractivity contribution in [3.63, 3.8) is 0 Å². The van der Waals surface area contributed by atoms with E-state index in [-0.39, 0.29) is 0 Å². The van der Waals surface area contributed by atoms with E-state index in [2.05, 4.69) is 0 Å². The first-order chi connectivity index (χ1) is 5.56. The van der Waals surface area contributed by atoms with Crippen LogP contribution in [0.2, 0.25) is 5.02 Å². The van der Waals surface area contributed by atoms with Crippen LogP contribution in [0.4, 0.5) is 0 Å². The molecule has 3 heteroatoms. The topological polar surface area (TPSA) is 37.3 Å². The normalized spacial score (nSPS) is 15.2. The Kier molecular flexibility index (Phi) is 2.50. The highest BCUT2D eigenvalue weighted by Gasteiger charge is 2.21. The van der Waals surface area contributed by atoms with E-state index >= 15 is 0 Å². The monoisotopic (exact) mass is 184 g/mol. The van der Waals surface area contributed by atoms with E-state index < -0.39 is 5.60 Å². The van der Waals surface area contributed by atoms with Crippen molar-refractivity contribution < 1.29 is 9.90 Å². The van der Waals surface area contributed by atoms with Crippen molar-refractivity contribution in [2.45, 2.75) is 12.5 Å². The molecule has 12 heavy (non-hydrogen) atoms. The lowest BCUT2D eigenvalue weighted by Crippen LogP contribution is -2.22. The molecule has 0 fully saturated rings. The third-order valence-electron chi connectivity index (χ3n) is 1.66. The molecule has 0 radical (unpaired) electrons. The van der Waals surface area contributed by atoms with E-state index in [4.69, 9.17) is 11.6 Å². The number of aliphatic hydroxyl groups is 1. The van der Waals surface area contributed by atoms with E-state index in [9.17, 15) is 9.90 Å². The number of carbonyl (C=O) groups is 1. The van der Waals surface area contributed by atoms with Crippen molar-refractivity contribution in [3.05, 3.63) is 34.9 Å². The number of hydrogen-bond acceptors (Lipinski definition) is 2. The van der Waals surface area contributed by atoms with Crippen molar-refractivity contribution in [3.8, 4) is 0 Å². The highest BCUT2D eigenvalue weighted by atomic mass is 35.5. The van der Waals surface area contributed by atoms with Crippen LogP contribution in [0.1, 0.15) is 12.5 Å². The summed E-state index contributed by atoms with van der Waals surface area (Å²) in [7, 11) is 0. The fourth-order valence-corrected chi connectivity index (χ4v) is 0.981. The molecule has 2 nitrogen and oxygen atoms in total. The SMILES string of the molecule is CC(O)(C=O)c1ccc(Cl)cc1. The summed E-state index contributed by atoms with van der Waals surface area (Å²) < 4.78 is 0. The van der Waals surface area contributed by atoms with Crippen LogP contribution in [0.15, 0.2) is 24.3 Å². The first-order valence-corrected chi connectivity index (χ1v) is 3.89. The lowest BCUT2D eigenvalue weighted by molar-refractivity contribution is -0.123. The molecule has 1 aromatic carbocycles. The molecule has 1 unspecified atom stereocenters. The molecular formula is C9H9ClO2. The third-order valence-corrected chi connectivity index (χ3v) is 1.91. The minimum absolute atomic E-state index is 0.496. The van der Waals surface area contributed by atoms with Gasteiger partial charge in [-0.05, 0) is 24.6 Å². The Balaban J connectivity index is 3.04. The quantitative estimate of drug-likeness (QED) is 0.711. The number of rotatable bonds is 2. The average molecular weight is 185 g/mol. The number of carbonyl (C=O) groups excluding carboxylic acids is 1. The van der Waals surface area contributed by atoms with E-state index in [0.29, 0.717) is 16.9 Å². The van der Waals surface area contributed by atoms with Crippen LogP contribution in [0.5, 0.6) is 0 Å². The van der Waals surface area contributed by atoms with Gasteiger partial charge in [-0.25, -0.2) is 0 Å². The minimum atomic E-state index is -1.41. The van der Waals surface area contributed by atoms with Crippen LogP contribution in [0.3, 0.4) is 0 Å². The van der Waals surface area contributed by atoms with Crippen LogP contribution in [0, 0.1) is 0 Å². The van der Waals surface area contributed by atoms with Gasteiger partial charge in [0.2, 0.25) is 0 Å². The van der Waals surface area contributed by atoms with Crippen molar-refractivity contribution in [1.82, 2.24) is 0 Å². The summed E-state index contributed by atoms with van der Waals surface area (Å²) in [6, 6.07) is 6.51. The molecule has 0 amide bonds. The molecule has 1 rings (SSSR count). The molecular weight excluding hydrogens is 176 g/mol. The summed E-state index contributed by atoms with van der Waals surface area (Å²) in [6.45, 7) is 1.43. The first kappa shape index (κ1) is 9.23. The van der Waals surface area contributed by atoms with Crippen molar-refractivity contribution in [2.75, 3.05) is 0 Å². The standard InChI is InChI=1S/C9H9ClO2/c1-9(12,6-11)7-2-4-8(10)5-3-7/h2-6,12H,1H3. The average Bonchev–Trinajstić information content (AvgIpc) is 2.05. The van der Waals surface area contributed by atoms with Crippen LogP contribution in [-0.2, 0) is 10.4 Å². The minimum Gasteiger partial charge on any atom is -0.378 e. The van der Waals surface area contributed by atoms with Crippen LogP contribution < -0.4 is 0 Å². The Morgan fingerprint density at radius 1 is 1.42 bits per heavy atom. The number of aldehydes is 1. The largest absolute Gasteiger partial charge is 0.378 e. The van der Waals surface area contributed by atoms with Gasteiger partial charge in [0.05, 0.1) is 0 Å². The van der Waals surface area contributed by atoms with Gasteiger partial charge in [0, 0.05) is 5.02 Å². The van der Waals surface area contributed by atoms with E-state index in [1.807, 2.05) is 0 Å². The van der Waals surface area contributed by atoms with Gasteiger partial charge in [0.1, 0.15) is 5.60 Å². The zero-order valence-corrected chi connectivity index (χ0v) is 7.38. The Morgan fingerprint density at radius 3 is 2.33 bits per heavy atom. The zero-order valence-electron chi connectivity index (χ0n) is 6.62. The molecule has 0 heterocycles. The molecule has 0 spiro atoms. The summed E-state index contributed by atoms with van der Waals surface area (Å²) >= 11 is 5.63. The number of hydrogen-bond donors (Lipinski definition) is 1. The van der Waals surface area contributed by atoms with Gasteiger partial charge in [0.25, 0.3) is 0 Å². The highest BCUT2D eigenvalue weighted by molar-refractivity contribution is 6.30. The number of benzene rings is 1. The lowest BCUT2D eigenvalue weighted by Gasteiger charge is -2.15. The lowest BCUT2D eigenvalue weighted by atomic mass is 9.98. The van der Waals surface area contributed by atoms with Gasteiger partial charge < -0.3 is 5.11 Å². The summed E-state index contributed by atoms with van der Waals surface area (Å²) in [6.07, 6.45) is 0.496. The van der Waals surface area contributed by atoms with E-state index in [0.717, 1.165) is 0 Å². The van der Waals surface area contributed by atoms with Crippen LogP contribution >= 0.6 is 11.6 Å². The molecule has 0 aliphatic heterocycles. The molecule has 0 saturated carbocycles. The molecule has 0 aliphatic rings. The molecule has 1 atom stereocenters. The maximum absolute atomic E-state index is 10.4. The van der Waals surface area contributed by atoms with Gasteiger partial charge in [-0.3, -0.25) is 4.79 Å². The van der Waals surface area contributed by atoms with Crippen LogP contribution in [-0.4, -0.2) is 11.4 Å². The van der Waals surface area contributed by atoms with Gasteiger partial charge in [-0.15, -0.1) is 0 Å². The van der Waals surface area contributed by atoms with E-state index in [1.54, 1.807) is 24.3 Å². The van der Waals surface area contributed by atoms with Crippen molar-refractivity contribution >= 4 is 17.9 Å². The summed E-state index contributed by atoms with van der Waals surface area (Å²) in [5, 5.41) is 10.1. The van der Waals surface area contributed by atoms with Crippen molar-refractivity contribution in [2.24, 2.45) is 0 Å². The summed E-state index contributed by atoms with van der Waals surface area (Å²) in [5.74, 6) is 0. The molecule has 0 aromatic heterocycles. The number of halogens is 1. The predicted octanol–water partition coefficient (Wildman–Crippen LogP) is 1.75. The van der Waals surface area contributed by atoms with Gasteiger partial charge >= 0.3 is 0 Å². The predicted molar refractivity (Wildman–Crippen MR) is 47.1 cm³/mol. The Morgan fingerprint density at radius 2 is 1.92 bits per heavy atom. The maximum Gasteiger partial charge on any atom is 0.155 e. The highest BCUT2D eigenvalue weighted by Crippen LogP contribution is 2.19. The molecule has 64 valence electrons. The Hall–Kier alpha value is -0.860. The first-order valence-electron chi connectivity index (χ1n) is 3.51. The van der Waals surface area contributed by atoms with E-state index in [1.165, 1.54) is 6.92 Å². The molecule has 0 bridgehead atoms. The molecule has 1 aromatic rings. The Labute approximate surface area is 75.8 Å². The second kappa shape index (κ2) is 3.25. The summed E-state index contributed by atoms with van der Waals surface area (Å²) in [4.78, 5) is 10.4. The van der Waals surface area contributed by atoms with Gasteiger partial charge in [-0.2, -0.15) is 0 Å². The molecule has 0 aliphatic carbocycles. The maximum atomic E-state index is 10.4. The van der Waals surface area contributed by atoms with Crippen LogP contribution in [0.25, 0.3) is 0 Å². The second-order valence-corrected chi connectivity index (χ2v) is 3.21. The smallest absolute Gasteiger partial charge is 0.155 e.